The van der Waals surface area contributed by atoms with Crippen LogP contribution in [-0.4, -0.2) is 12.1 Å². The molecular weight excluding hydrogens is 273 g/mol. The van der Waals surface area contributed by atoms with Gasteiger partial charge in [0.15, 0.2) is 0 Å². The van der Waals surface area contributed by atoms with E-state index in [1.807, 2.05) is 0 Å². The van der Waals surface area contributed by atoms with Crippen molar-refractivity contribution in [1.82, 2.24) is 5.32 Å². The summed E-state index contributed by atoms with van der Waals surface area (Å²) in [5.41, 5.74) is 0.928. The molecular formula is C17H27ClFN. The summed E-state index contributed by atoms with van der Waals surface area (Å²) < 4.78 is 14.0. The van der Waals surface area contributed by atoms with Crippen LogP contribution in [0.4, 0.5) is 4.39 Å². The van der Waals surface area contributed by atoms with Gasteiger partial charge in [-0.3, -0.25) is 0 Å². The van der Waals surface area contributed by atoms with Crippen molar-refractivity contribution in [3.05, 3.63) is 34.6 Å². The molecule has 0 saturated heterocycles. The molecule has 114 valence electrons. The monoisotopic (exact) mass is 299 g/mol. The molecule has 1 atom stereocenters. The van der Waals surface area contributed by atoms with Crippen LogP contribution in [0.1, 0.15) is 47.1 Å². The van der Waals surface area contributed by atoms with Crippen molar-refractivity contribution in [3.63, 3.8) is 0 Å². The number of benzene rings is 1. The van der Waals surface area contributed by atoms with Crippen molar-refractivity contribution in [2.45, 2.75) is 53.5 Å². The number of nitrogens with one attached hydrogen (secondary N) is 1. The van der Waals surface area contributed by atoms with Crippen LogP contribution < -0.4 is 5.32 Å². The molecule has 0 heterocycles. The predicted octanol–water partition coefficient (Wildman–Crippen LogP) is 5.07. The van der Waals surface area contributed by atoms with E-state index in [9.17, 15) is 4.39 Å². The lowest BCUT2D eigenvalue weighted by atomic mass is 9.77. The fourth-order valence-corrected chi connectivity index (χ4v) is 2.23. The van der Waals surface area contributed by atoms with Crippen molar-refractivity contribution in [2.24, 2.45) is 11.3 Å². The fraction of sp³-hybridized carbons (Fsp3) is 0.647. The van der Waals surface area contributed by atoms with E-state index >= 15 is 0 Å². The summed E-state index contributed by atoms with van der Waals surface area (Å²) in [7, 11) is 0. The van der Waals surface area contributed by atoms with Gasteiger partial charge in [-0.05, 0) is 62.8 Å². The van der Waals surface area contributed by atoms with E-state index in [2.05, 4.69) is 46.9 Å². The lowest BCUT2D eigenvalue weighted by molar-refractivity contribution is 0.212. The van der Waals surface area contributed by atoms with E-state index in [1.165, 1.54) is 6.07 Å². The zero-order valence-corrected chi connectivity index (χ0v) is 14.2. The largest absolute Gasteiger partial charge is 0.312 e. The summed E-state index contributed by atoms with van der Waals surface area (Å²) in [5.74, 6) is 0.153. The van der Waals surface area contributed by atoms with Crippen molar-refractivity contribution in [1.29, 1.82) is 0 Å². The average Bonchev–Trinajstić information content (AvgIpc) is 2.23. The van der Waals surface area contributed by atoms with E-state index in [1.54, 1.807) is 12.1 Å². The topological polar surface area (TPSA) is 12.0 Å². The van der Waals surface area contributed by atoms with Crippen LogP contribution in [0.5, 0.6) is 0 Å². The summed E-state index contributed by atoms with van der Waals surface area (Å²) in [6.07, 6.45) is 0.718. The van der Waals surface area contributed by atoms with Crippen LogP contribution in [0.3, 0.4) is 0 Å². The van der Waals surface area contributed by atoms with E-state index in [0.29, 0.717) is 10.9 Å². The SMILES string of the molecule is CC(C)(C)NCC(Cc1ccc(Cl)cc1F)C(C)(C)C. The Hall–Kier alpha value is -0.600. The average molecular weight is 300 g/mol. The summed E-state index contributed by atoms with van der Waals surface area (Å²) in [6, 6.07) is 4.96. The van der Waals surface area contributed by atoms with Gasteiger partial charge in [0.25, 0.3) is 0 Å². The molecule has 1 aromatic carbocycles. The molecule has 0 bridgehead atoms. The molecule has 0 aromatic heterocycles. The lowest BCUT2D eigenvalue weighted by Crippen LogP contribution is -2.42. The van der Waals surface area contributed by atoms with Gasteiger partial charge >= 0.3 is 0 Å². The molecule has 0 spiro atoms. The fourth-order valence-electron chi connectivity index (χ4n) is 2.07. The van der Waals surface area contributed by atoms with Gasteiger partial charge in [-0.15, -0.1) is 0 Å². The van der Waals surface area contributed by atoms with Gasteiger partial charge in [-0.25, -0.2) is 4.39 Å². The van der Waals surface area contributed by atoms with Gasteiger partial charge in [0.05, 0.1) is 0 Å². The number of halogens is 2. The van der Waals surface area contributed by atoms with Crippen molar-refractivity contribution in [2.75, 3.05) is 6.54 Å². The van der Waals surface area contributed by atoms with Crippen LogP contribution in [0, 0.1) is 17.2 Å². The molecule has 20 heavy (non-hydrogen) atoms. The Morgan fingerprint density at radius 2 is 1.75 bits per heavy atom. The molecule has 1 N–H and O–H groups in total. The maximum absolute atomic E-state index is 14.0. The summed E-state index contributed by atoms with van der Waals surface area (Å²) in [6.45, 7) is 13.9. The third-order valence-electron chi connectivity index (χ3n) is 3.58. The highest BCUT2D eigenvalue weighted by atomic mass is 35.5. The zero-order chi connectivity index (χ0) is 15.6. The zero-order valence-electron chi connectivity index (χ0n) is 13.5. The Morgan fingerprint density at radius 3 is 2.20 bits per heavy atom. The molecule has 0 aliphatic rings. The summed E-state index contributed by atoms with van der Waals surface area (Å²) in [5, 5.41) is 3.98. The highest BCUT2D eigenvalue weighted by molar-refractivity contribution is 6.30. The van der Waals surface area contributed by atoms with E-state index < -0.39 is 0 Å². The van der Waals surface area contributed by atoms with Gasteiger partial charge in [-0.2, -0.15) is 0 Å². The molecule has 0 saturated carbocycles. The van der Waals surface area contributed by atoms with Crippen LogP contribution in [0.2, 0.25) is 5.02 Å². The first kappa shape index (κ1) is 17.5. The first-order valence-electron chi connectivity index (χ1n) is 7.18. The Kier molecular flexibility index (Phi) is 5.62. The first-order valence-corrected chi connectivity index (χ1v) is 7.56. The Balaban J connectivity index is 2.85. The number of hydrogen-bond donors (Lipinski definition) is 1. The van der Waals surface area contributed by atoms with E-state index in [-0.39, 0.29) is 16.8 Å². The summed E-state index contributed by atoms with van der Waals surface area (Å²) in [4.78, 5) is 0. The Morgan fingerprint density at radius 1 is 1.15 bits per heavy atom. The Labute approximate surface area is 127 Å². The lowest BCUT2D eigenvalue weighted by Gasteiger charge is -2.34. The summed E-state index contributed by atoms with van der Waals surface area (Å²) >= 11 is 5.81. The quantitative estimate of drug-likeness (QED) is 0.818. The maximum atomic E-state index is 14.0. The van der Waals surface area contributed by atoms with Gasteiger partial charge < -0.3 is 5.32 Å². The second-order valence-corrected chi connectivity index (χ2v) is 8.07. The smallest absolute Gasteiger partial charge is 0.127 e. The molecule has 0 amide bonds. The van der Waals surface area contributed by atoms with Crippen LogP contribution in [0.25, 0.3) is 0 Å². The molecule has 0 radical (unpaired) electrons. The third-order valence-corrected chi connectivity index (χ3v) is 3.82. The highest BCUT2D eigenvalue weighted by Crippen LogP contribution is 2.30. The second-order valence-electron chi connectivity index (χ2n) is 7.63. The normalized spacial score (nSPS) is 14.4. The molecule has 0 aliphatic heterocycles. The predicted molar refractivity (Wildman–Crippen MR) is 85.8 cm³/mol. The van der Waals surface area contributed by atoms with E-state index in [0.717, 1.165) is 18.5 Å². The van der Waals surface area contributed by atoms with E-state index in [4.69, 9.17) is 11.6 Å². The molecule has 3 heteroatoms. The number of rotatable bonds is 4. The standard InChI is InChI=1S/C17H27ClFN/c1-16(2,3)13(11-20-17(4,5)6)9-12-7-8-14(18)10-15(12)19/h7-8,10,13,20H,9,11H2,1-6H3. The number of hydrogen-bond acceptors (Lipinski definition) is 1. The molecule has 1 rings (SSSR count). The molecule has 1 unspecified atom stereocenters. The minimum Gasteiger partial charge on any atom is -0.312 e. The third kappa shape index (κ3) is 5.80. The van der Waals surface area contributed by atoms with Crippen molar-refractivity contribution < 1.29 is 4.39 Å². The minimum atomic E-state index is -0.206. The van der Waals surface area contributed by atoms with Crippen molar-refractivity contribution in [3.8, 4) is 0 Å². The van der Waals surface area contributed by atoms with Gasteiger partial charge in [-0.1, -0.05) is 38.4 Å². The van der Waals surface area contributed by atoms with Crippen LogP contribution in [-0.2, 0) is 6.42 Å². The van der Waals surface area contributed by atoms with Crippen molar-refractivity contribution >= 4 is 11.6 Å². The maximum Gasteiger partial charge on any atom is 0.127 e. The minimum absolute atomic E-state index is 0.0715. The molecule has 1 nitrogen and oxygen atoms in total. The van der Waals surface area contributed by atoms with Crippen LogP contribution in [0.15, 0.2) is 18.2 Å². The van der Waals surface area contributed by atoms with Crippen LogP contribution >= 0.6 is 11.6 Å². The van der Waals surface area contributed by atoms with Gasteiger partial charge in [0, 0.05) is 10.6 Å². The second kappa shape index (κ2) is 6.44. The van der Waals surface area contributed by atoms with Gasteiger partial charge in [0.1, 0.15) is 5.82 Å². The Bertz CT molecular complexity index is 443. The van der Waals surface area contributed by atoms with Gasteiger partial charge in [0.2, 0.25) is 0 Å². The molecule has 0 aliphatic carbocycles. The molecule has 1 aromatic rings. The highest BCUT2D eigenvalue weighted by Gasteiger charge is 2.27. The molecule has 0 fully saturated rings. The first-order chi connectivity index (χ1) is 8.99.